The summed E-state index contributed by atoms with van der Waals surface area (Å²) >= 11 is 1.16. The van der Waals surface area contributed by atoms with Gasteiger partial charge in [-0.2, -0.15) is 13.2 Å². The lowest BCUT2D eigenvalue weighted by Gasteiger charge is -2.11. The molecule has 164 valence electrons. The van der Waals surface area contributed by atoms with E-state index in [4.69, 9.17) is 9.57 Å². The number of methoxy groups -OCH3 is 1. The van der Waals surface area contributed by atoms with Gasteiger partial charge >= 0.3 is 17.9 Å². The van der Waals surface area contributed by atoms with E-state index in [1.54, 1.807) is 30.5 Å². The Morgan fingerprint density at radius 1 is 1.19 bits per heavy atom. The van der Waals surface area contributed by atoms with Crippen LogP contribution < -0.4 is 10.4 Å². The average molecular weight is 452 g/mol. The van der Waals surface area contributed by atoms with Crippen molar-refractivity contribution in [1.82, 2.24) is 14.3 Å². The van der Waals surface area contributed by atoms with E-state index in [2.05, 4.69) is 10.3 Å². The Morgan fingerprint density at radius 2 is 1.94 bits per heavy atom. The van der Waals surface area contributed by atoms with Crippen LogP contribution in [0.5, 0.6) is 6.01 Å². The van der Waals surface area contributed by atoms with Gasteiger partial charge in [0.2, 0.25) is 0 Å². The van der Waals surface area contributed by atoms with Gasteiger partial charge in [0.1, 0.15) is 11.7 Å². The Morgan fingerprint density at radius 3 is 2.61 bits per heavy atom. The first-order valence-corrected chi connectivity index (χ1v) is 10.2. The largest absolute Gasteiger partial charge is 0.467 e. The molecule has 11 heteroatoms. The zero-order chi connectivity index (χ0) is 22.6. The molecule has 2 aromatic carbocycles. The maximum absolute atomic E-state index is 13.0. The van der Waals surface area contributed by atoms with Gasteiger partial charge in [0.05, 0.1) is 18.4 Å². The summed E-state index contributed by atoms with van der Waals surface area (Å²) in [5.41, 5.74) is 0.240. The smallest absolute Gasteiger partial charge is 0.416 e. The molecule has 1 aromatic heterocycles. The van der Waals surface area contributed by atoms with Crippen molar-refractivity contribution in [3.8, 4) is 11.7 Å². The van der Waals surface area contributed by atoms with Crippen LogP contribution in [0, 0.1) is 0 Å². The molecule has 7 nitrogen and oxygen atoms in total. The van der Waals surface area contributed by atoms with Gasteiger partial charge in [-0.3, -0.25) is 0 Å². The number of rotatable bonds is 6. The third kappa shape index (κ3) is 4.93. The number of thioether (sulfide) groups is 1. The molecule has 0 saturated heterocycles. The third-order valence-corrected chi connectivity index (χ3v) is 5.00. The minimum absolute atomic E-state index is 0.0241. The molecule has 0 N–H and O–H groups in total. The van der Waals surface area contributed by atoms with Crippen LogP contribution in [0.3, 0.4) is 0 Å². The van der Waals surface area contributed by atoms with E-state index in [1.165, 1.54) is 30.9 Å². The summed E-state index contributed by atoms with van der Waals surface area (Å²) in [4.78, 5) is 17.9. The molecule has 0 spiro atoms. The van der Waals surface area contributed by atoms with Gasteiger partial charge in [-0.25, -0.2) is 14.0 Å². The van der Waals surface area contributed by atoms with Crippen molar-refractivity contribution < 1.29 is 22.7 Å². The van der Waals surface area contributed by atoms with Gasteiger partial charge in [-0.05, 0) is 24.5 Å². The molecule has 0 fully saturated rings. The van der Waals surface area contributed by atoms with Crippen LogP contribution in [0.2, 0.25) is 0 Å². The van der Waals surface area contributed by atoms with Gasteiger partial charge in [0.15, 0.2) is 0 Å². The van der Waals surface area contributed by atoms with E-state index >= 15 is 0 Å². The summed E-state index contributed by atoms with van der Waals surface area (Å²) in [5.74, 6) is 0. The topological polar surface area (TPSA) is 70.6 Å². The molecule has 0 radical (unpaired) electrons. The predicted molar refractivity (Wildman–Crippen MR) is 112 cm³/mol. The van der Waals surface area contributed by atoms with E-state index < -0.39 is 17.4 Å². The molecule has 0 aliphatic rings. The molecule has 0 bridgehead atoms. The van der Waals surface area contributed by atoms with Crippen molar-refractivity contribution in [1.29, 1.82) is 0 Å². The van der Waals surface area contributed by atoms with Crippen LogP contribution in [0.1, 0.15) is 16.7 Å². The number of nitrogens with zero attached hydrogens (tertiary/aromatic N) is 4. The second kappa shape index (κ2) is 9.29. The number of hydrogen-bond acceptors (Lipinski definition) is 6. The van der Waals surface area contributed by atoms with E-state index in [1.807, 2.05) is 0 Å². The van der Waals surface area contributed by atoms with Gasteiger partial charge in [0.25, 0.3) is 0 Å². The molecule has 3 rings (SSSR count). The minimum atomic E-state index is -4.45. The first-order chi connectivity index (χ1) is 14.8. The number of aryl methyl sites for hydroxylation is 1. The number of hydrogen-bond donors (Lipinski definition) is 0. The van der Waals surface area contributed by atoms with E-state index in [0.717, 1.165) is 28.6 Å². The number of halogens is 3. The molecule has 0 aliphatic carbocycles. The Hall–Kier alpha value is -3.21. The summed E-state index contributed by atoms with van der Waals surface area (Å²) in [7, 11) is 2.91. The Kier molecular flexibility index (Phi) is 6.74. The molecular formula is C20H19F3N4O3S. The molecule has 0 saturated carbocycles. The predicted octanol–water partition coefficient (Wildman–Crippen LogP) is 3.84. The molecule has 31 heavy (non-hydrogen) atoms. The second-order valence-corrected chi connectivity index (χ2v) is 7.10. The first kappa shape index (κ1) is 22.5. The molecular weight excluding hydrogens is 433 g/mol. The van der Waals surface area contributed by atoms with Gasteiger partial charge in [-0.15, -0.1) is 16.9 Å². The third-order valence-electron chi connectivity index (χ3n) is 4.31. The summed E-state index contributed by atoms with van der Waals surface area (Å²) in [6.07, 6.45) is -2.76. The minimum Gasteiger partial charge on any atom is -0.467 e. The van der Waals surface area contributed by atoms with Crippen LogP contribution >= 0.6 is 11.8 Å². The van der Waals surface area contributed by atoms with Crippen molar-refractivity contribution in [2.24, 2.45) is 12.2 Å². The lowest BCUT2D eigenvalue weighted by atomic mass is 10.1. The quantitative estimate of drug-likeness (QED) is 0.323. The van der Waals surface area contributed by atoms with E-state index in [0.29, 0.717) is 21.9 Å². The fraction of sp³-hybridized carbons (Fsp3) is 0.250. The lowest BCUT2D eigenvalue weighted by Crippen LogP contribution is -2.22. The van der Waals surface area contributed by atoms with Gasteiger partial charge in [-0.1, -0.05) is 35.5 Å². The normalized spacial score (nSPS) is 12.1. The lowest BCUT2D eigenvalue weighted by molar-refractivity contribution is -0.137. The van der Waals surface area contributed by atoms with Gasteiger partial charge < -0.3 is 9.57 Å². The fourth-order valence-corrected chi connectivity index (χ4v) is 3.32. The first-order valence-electron chi connectivity index (χ1n) is 8.96. The summed E-state index contributed by atoms with van der Waals surface area (Å²) in [6, 6.07) is 11.9. The monoisotopic (exact) mass is 452 g/mol. The zero-order valence-corrected chi connectivity index (χ0v) is 17.7. The van der Waals surface area contributed by atoms with Crippen molar-refractivity contribution in [3.05, 3.63) is 75.7 Å². The Bertz CT molecular complexity index is 1160. The average Bonchev–Trinajstić information content (AvgIpc) is 3.04. The van der Waals surface area contributed by atoms with Crippen LogP contribution in [-0.4, -0.2) is 32.8 Å². The Balaban J connectivity index is 1.87. The number of alkyl halides is 3. The SMILES string of the molecule is COc1nn(C)c(=O)n1-c1ccccc1CON=C(SC)c1cccc(C(F)(F)F)c1. The number of aromatic nitrogens is 3. The van der Waals surface area contributed by atoms with Crippen molar-refractivity contribution in [2.75, 3.05) is 13.4 Å². The van der Waals surface area contributed by atoms with Crippen molar-refractivity contribution in [3.63, 3.8) is 0 Å². The van der Waals surface area contributed by atoms with Crippen molar-refractivity contribution in [2.45, 2.75) is 12.8 Å². The number of ether oxygens (including phenoxy) is 1. The van der Waals surface area contributed by atoms with E-state index in [-0.39, 0.29) is 12.6 Å². The van der Waals surface area contributed by atoms with Crippen molar-refractivity contribution >= 4 is 16.8 Å². The maximum atomic E-state index is 13.0. The standard InChI is InChI=1S/C20H19F3N4O3S/c1-26-19(28)27(18(24-26)29-2)16-10-5-4-7-14(16)12-30-25-17(31-3)13-8-6-9-15(11-13)20(21,22)23/h4-11H,12H2,1-3H3. The molecule has 0 amide bonds. The highest BCUT2D eigenvalue weighted by Crippen LogP contribution is 2.30. The van der Waals surface area contributed by atoms with Crippen LogP contribution in [0.25, 0.3) is 5.69 Å². The zero-order valence-electron chi connectivity index (χ0n) is 16.9. The maximum Gasteiger partial charge on any atom is 0.416 e. The fourth-order valence-electron chi connectivity index (χ4n) is 2.83. The number of benzene rings is 2. The highest BCUT2D eigenvalue weighted by Gasteiger charge is 2.30. The second-order valence-electron chi connectivity index (χ2n) is 6.31. The highest BCUT2D eigenvalue weighted by atomic mass is 32.2. The Labute approximate surface area is 180 Å². The summed E-state index contributed by atoms with van der Waals surface area (Å²) in [6.45, 7) is -0.0241. The van der Waals surface area contributed by atoms with Crippen LogP contribution in [0.15, 0.2) is 58.5 Å². The molecule has 0 aliphatic heterocycles. The summed E-state index contributed by atoms with van der Waals surface area (Å²) < 4.78 is 46.6. The van der Waals surface area contributed by atoms with E-state index in [9.17, 15) is 18.0 Å². The molecule has 0 atom stereocenters. The van der Waals surface area contributed by atoms with Crippen LogP contribution in [-0.2, 0) is 24.7 Å². The number of oxime groups is 1. The molecule has 3 aromatic rings. The summed E-state index contributed by atoms with van der Waals surface area (Å²) in [5, 5.41) is 8.32. The van der Waals surface area contributed by atoms with Crippen LogP contribution in [0.4, 0.5) is 13.2 Å². The molecule has 1 heterocycles. The highest BCUT2D eigenvalue weighted by molar-refractivity contribution is 8.13. The number of para-hydroxylation sites is 1. The molecule has 0 unspecified atom stereocenters. The van der Waals surface area contributed by atoms with Gasteiger partial charge in [0, 0.05) is 18.2 Å².